The van der Waals surface area contributed by atoms with Crippen molar-refractivity contribution in [1.82, 2.24) is 24.6 Å². The number of rotatable bonds is 3. The molecule has 1 N–H and O–H groups in total. The summed E-state index contributed by atoms with van der Waals surface area (Å²) in [5.41, 5.74) is 6.68. The molecule has 0 amide bonds. The maximum atomic E-state index is 10.7. The molecule has 1 saturated heterocycles. The van der Waals surface area contributed by atoms with E-state index in [9.17, 15) is 5.11 Å². The topological polar surface area (TPSA) is 67.1 Å². The zero-order valence-electron chi connectivity index (χ0n) is 16.8. The van der Waals surface area contributed by atoms with Crippen molar-refractivity contribution in [3.8, 4) is 17.0 Å². The Hall–Kier alpha value is -2.47. The molecule has 1 aliphatic carbocycles. The van der Waals surface area contributed by atoms with Gasteiger partial charge in [-0.2, -0.15) is 0 Å². The Morgan fingerprint density at radius 3 is 2.64 bits per heavy atom. The first-order chi connectivity index (χ1) is 13.5. The van der Waals surface area contributed by atoms with Gasteiger partial charge in [-0.25, -0.2) is 4.98 Å². The molecule has 2 aliphatic rings. The van der Waals surface area contributed by atoms with Gasteiger partial charge in [-0.05, 0) is 76.2 Å². The number of nitrogens with zero attached hydrogens (tertiary/aromatic N) is 5. The van der Waals surface area contributed by atoms with Gasteiger partial charge in [0.15, 0.2) is 5.65 Å². The van der Waals surface area contributed by atoms with Crippen LogP contribution in [0.15, 0.2) is 18.5 Å². The van der Waals surface area contributed by atoms with E-state index in [1.165, 1.54) is 6.42 Å². The van der Waals surface area contributed by atoms with E-state index in [0.29, 0.717) is 12.0 Å². The smallest absolute Gasteiger partial charge is 0.183 e. The monoisotopic (exact) mass is 377 g/mol. The van der Waals surface area contributed by atoms with Crippen molar-refractivity contribution in [2.45, 2.75) is 51.5 Å². The van der Waals surface area contributed by atoms with Crippen LogP contribution in [-0.4, -0.2) is 49.9 Å². The van der Waals surface area contributed by atoms with E-state index >= 15 is 0 Å². The second-order valence-electron chi connectivity index (χ2n) is 8.59. The summed E-state index contributed by atoms with van der Waals surface area (Å²) in [5, 5.41) is 19.9. The van der Waals surface area contributed by atoms with Crippen LogP contribution in [0.1, 0.15) is 54.3 Å². The number of imidazole rings is 1. The van der Waals surface area contributed by atoms with E-state index in [1.807, 2.05) is 20.2 Å². The molecule has 6 nitrogen and oxygen atoms in total. The highest BCUT2D eigenvalue weighted by Crippen LogP contribution is 2.48. The summed E-state index contributed by atoms with van der Waals surface area (Å²) in [6.45, 7) is 6.20. The van der Waals surface area contributed by atoms with Crippen molar-refractivity contribution in [1.29, 1.82) is 0 Å². The molecule has 0 unspecified atom stereocenters. The molecule has 6 heteroatoms. The lowest BCUT2D eigenvalue weighted by Crippen LogP contribution is -2.33. The molecular formula is C22H27N5O. The predicted molar refractivity (Wildman–Crippen MR) is 110 cm³/mol. The summed E-state index contributed by atoms with van der Waals surface area (Å²) in [7, 11) is 2.17. The average molecular weight is 377 g/mol. The maximum Gasteiger partial charge on any atom is 0.183 e. The summed E-state index contributed by atoms with van der Waals surface area (Å²) in [6, 6.07) is 4.29. The molecular weight excluding hydrogens is 350 g/mol. The number of aromatic nitrogens is 4. The van der Waals surface area contributed by atoms with Crippen molar-refractivity contribution >= 4 is 11.2 Å². The van der Waals surface area contributed by atoms with Crippen LogP contribution in [0.25, 0.3) is 22.4 Å². The minimum Gasteiger partial charge on any atom is -0.507 e. The molecule has 28 heavy (non-hydrogen) atoms. The summed E-state index contributed by atoms with van der Waals surface area (Å²) in [4.78, 5) is 7.18. The van der Waals surface area contributed by atoms with Crippen molar-refractivity contribution in [2.75, 3.05) is 20.1 Å². The van der Waals surface area contributed by atoms with Gasteiger partial charge in [0, 0.05) is 23.7 Å². The Morgan fingerprint density at radius 1 is 1.11 bits per heavy atom. The van der Waals surface area contributed by atoms with Crippen molar-refractivity contribution in [3.63, 3.8) is 0 Å². The number of benzene rings is 1. The lowest BCUT2D eigenvalue weighted by molar-refractivity contribution is 0.214. The average Bonchev–Trinajstić information content (AvgIpc) is 3.38. The van der Waals surface area contributed by atoms with E-state index in [0.717, 1.165) is 71.5 Å². The molecule has 1 saturated carbocycles. The molecule has 1 aromatic carbocycles. The fourth-order valence-corrected chi connectivity index (χ4v) is 4.74. The maximum absolute atomic E-state index is 10.7. The molecule has 1 aliphatic heterocycles. The van der Waals surface area contributed by atoms with Crippen LogP contribution in [0.2, 0.25) is 0 Å². The highest BCUT2D eigenvalue weighted by Gasteiger charge is 2.33. The van der Waals surface area contributed by atoms with Crippen LogP contribution >= 0.6 is 0 Å². The Bertz CT molecular complexity index is 1030. The van der Waals surface area contributed by atoms with Gasteiger partial charge < -0.3 is 14.6 Å². The van der Waals surface area contributed by atoms with E-state index in [2.05, 4.69) is 32.8 Å². The summed E-state index contributed by atoms with van der Waals surface area (Å²) >= 11 is 0. The standard InChI is InChI=1S/C22H27N5O/c1-13-9-14(2)18(17(28)10-13)20-19(15-6-7-15)21-22(25-24-20)27(12-23-21)16-5-4-8-26(3)11-16/h9-10,12,15-16,28H,4-8,11H2,1-3H3/t16-/m1/s1. The normalized spacial score (nSPS) is 20.8. The molecule has 0 spiro atoms. The van der Waals surface area contributed by atoms with Crippen LogP contribution < -0.4 is 0 Å². The van der Waals surface area contributed by atoms with Crippen LogP contribution in [0, 0.1) is 13.8 Å². The Kier molecular flexibility index (Phi) is 4.12. The number of hydrogen-bond acceptors (Lipinski definition) is 5. The van der Waals surface area contributed by atoms with Gasteiger partial charge in [0.2, 0.25) is 0 Å². The van der Waals surface area contributed by atoms with Gasteiger partial charge in [-0.15, -0.1) is 10.2 Å². The van der Waals surface area contributed by atoms with Gasteiger partial charge >= 0.3 is 0 Å². The molecule has 146 valence electrons. The minimum absolute atomic E-state index is 0.279. The molecule has 3 heterocycles. The van der Waals surface area contributed by atoms with E-state index in [1.54, 1.807) is 6.07 Å². The summed E-state index contributed by atoms with van der Waals surface area (Å²) in [6.07, 6.45) is 6.59. The van der Waals surface area contributed by atoms with Crippen molar-refractivity contribution in [2.24, 2.45) is 0 Å². The van der Waals surface area contributed by atoms with Crippen molar-refractivity contribution in [3.05, 3.63) is 35.2 Å². The first kappa shape index (κ1) is 17.6. The number of phenolic OH excluding ortho intramolecular Hbond substituents is 1. The molecule has 5 rings (SSSR count). The number of hydrogen-bond donors (Lipinski definition) is 1. The molecule has 0 bridgehead atoms. The van der Waals surface area contributed by atoms with Gasteiger partial charge in [0.05, 0.1) is 6.33 Å². The number of phenols is 1. The lowest BCUT2D eigenvalue weighted by atomic mass is 9.96. The second-order valence-corrected chi connectivity index (χ2v) is 8.59. The number of fused-ring (bicyclic) bond motifs is 1. The number of aromatic hydroxyl groups is 1. The van der Waals surface area contributed by atoms with Crippen molar-refractivity contribution < 1.29 is 5.11 Å². The molecule has 2 aromatic heterocycles. The Morgan fingerprint density at radius 2 is 1.93 bits per heavy atom. The number of piperidine rings is 1. The summed E-state index contributed by atoms with van der Waals surface area (Å²) < 4.78 is 2.22. The first-order valence-corrected chi connectivity index (χ1v) is 10.2. The molecule has 1 atom stereocenters. The fraction of sp³-hybridized carbons (Fsp3) is 0.500. The Balaban J connectivity index is 1.68. The highest BCUT2D eigenvalue weighted by atomic mass is 16.3. The Labute approximate surface area is 165 Å². The quantitative estimate of drug-likeness (QED) is 0.748. The van der Waals surface area contributed by atoms with Crippen LogP contribution in [0.5, 0.6) is 5.75 Å². The van der Waals surface area contributed by atoms with Crippen LogP contribution in [0.4, 0.5) is 0 Å². The number of likely N-dealkylation sites (tertiary alicyclic amines) is 1. The van der Waals surface area contributed by atoms with Crippen LogP contribution in [-0.2, 0) is 0 Å². The van der Waals surface area contributed by atoms with Gasteiger partial charge in [0.1, 0.15) is 17.0 Å². The molecule has 0 radical (unpaired) electrons. The largest absolute Gasteiger partial charge is 0.507 e. The molecule has 3 aromatic rings. The number of aryl methyl sites for hydroxylation is 2. The lowest BCUT2D eigenvalue weighted by Gasteiger charge is -2.30. The third kappa shape index (κ3) is 2.87. The third-order valence-electron chi connectivity index (χ3n) is 6.20. The van der Waals surface area contributed by atoms with Gasteiger partial charge in [-0.3, -0.25) is 0 Å². The van der Waals surface area contributed by atoms with E-state index in [-0.39, 0.29) is 5.75 Å². The fourth-order valence-electron chi connectivity index (χ4n) is 4.74. The SMILES string of the molecule is Cc1cc(C)c(-c2nnc3c(ncn3[C@@H]3CCCN(C)C3)c2C2CC2)c(O)c1. The first-order valence-electron chi connectivity index (χ1n) is 10.2. The third-order valence-corrected chi connectivity index (χ3v) is 6.20. The zero-order chi connectivity index (χ0) is 19.4. The van der Waals surface area contributed by atoms with E-state index in [4.69, 9.17) is 4.98 Å². The van der Waals surface area contributed by atoms with Gasteiger partial charge in [-0.1, -0.05) is 6.07 Å². The highest BCUT2D eigenvalue weighted by molar-refractivity contribution is 5.85. The zero-order valence-corrected chi connectivity index (χ0v) is 16.8. The number of likely N-dealkylation sites (N-methyl/N-ethyl adjacent to an activating group) is 1. The van der Waals surface area contributed by atoms with Crippen LogP contribution in [0.3, 0.4) is 0 Å². The second kappa shape index (κ2) is 6.55. The van der Waals surface area contributed by atoms with Gasteiger partial charge in [0.25, 0.3) is 0 Å². The minimum atomic E-state index is 0.279. The predicted octanol–water partition coefficient (Wildman–Crippen LogP) is 3.96. The summed E-state index contributed by atoms with van der Waals surface area (Å²) in [5.74, 6) is 0.742. The van der Waals surface area contributed by atoms with E-state index < -0.39 is 0 Å². The molecule has 2 fully saturated rings.